The van der Waals surface area contributed by atoms with Crippen LogP contribution in [0.1, 0.15) is 52.2 Å². The second-order valence-corrected chi connectivity index (χ2v) is 7.40. The first kappa shape index (κ1) is 18.4. The molecule has 0 radical (unpaired) electrons. The molecule has 6 nitrogen and oxygen atoms in total. The number of ether oxygens (including phenoxy) is 1. The highest BCUT2D eigenvalue weighted by Crippen LogP contribution is 2.28. The minimum absolute atomic E-state index is 0.0535. The third-order valence-corrected chi connectivity index (χ3v) is 4.17. The molecule has 2 rings (SSSR count). The number of hydrogen-bond acceptors (Lipinski definition) is 4. The molecule has 0 spiro atoms. The first-order valence-electron chi connectivity index (χ1n) is 8.60. The van der Waals surface area contributed by atoms with E-state index in [0.29, 0.717) is 19.0 Å². The predicted molar refractivity (Wildman–Crippen MR) is 90.2 cm³/mol. The largest absolute Gasteiger partial charge is 0.467 e. The van der Waals surface area contributed by atoms with Crippen LogP contribution in [0.2, 0.25) is 0 Å². The van der Waals surface area contributed by atoms with E-state index in [1.54, 1.807) is 6.26 Å². The second-order valence-electron chi connectivity index (χ2n) is 7.40. The van der Waals surface area contributed by atoms with Gasteiger partial charge in [-0.15, -0.1) is 0 Å². The Morgan fingerprint density at radius 3 is 2.50 bits per heavy atom. The lowest BCUT2D eigenvalue weighted by Crippen LogP contribution is -2.38. The van der Waals surface area contributed by atoms with Crippen molar-refractivity contribution < 1.29 is 18.7 Å². The summed E-state index contributed by atoms with van der Waals surface area (Å²) in [6, 6.07) is 3.66. The molecule has 0 bridgehead atoms. The summed E-state index contributed by atoms with van der Waals surface area (Å²) in [5.41, 5.74) is -0.478. The molecule has 0 saturated heterocycles. The summed E-state index contributed by atoms with van der Waals surface area (Å²) in [5.74, 6) is 1.31. The van der Waals surface area contributed by atoms with Crippen LogP contribution in [0.5, 0.6) is 0 Å². The Balaban J connectivity index is 1.64. The van der Waals surface area contributed by atoms with Crippen LogP contribution in [-0.2, 0) is 16.1 Å². The zero-order valence-electron chi connectivity index (χ0n) is 14.8. The lowest BCUT2D eigenvalue weighted by molar-refractivity contribution is -0.126. The van der Waals surface area contributed by atoms with Gasteiger partial charge in [0.05, 0.1) is 12.8 Å². The summed E-state index contributed by atoms with van der Waals surface area (Å²) in [6.07, 6.45) is 4.81. The van der Waals surface area contributed by atoms with Gasteiger partial charge in [-0.05, 0) is 64.5 Å². The Labute approximate surface area is 143 Å². The average Bonchev–Trinajstić information content (AvgIpc) is 3.03. The normalized spacial score (nSPS) is 21.1. The Bertz CT molecular complexity index is 526. The van der Waals surface area contributed by atoms with Gasteiger partial charge in [-0.2, -0.15) is 0 Å². The maximum atomic E-state index is 12.2. The van der Waals surface area contributed by atoms with Crippen LogP contribution in [0.15, 0.2) is 22.8 Å². The summed E-state index contributed by atoms with van der Waals surface area (Å²) < 4.78 is 10.4. The van der Waals surface area contributed by atoms with Crippen LogP contribution in [0.4, 0.5) is 4.79 Å². The molecular weight excluding hydrogens is 308 g/mol. The number of rotatable bonds is 5. The molecule has 24 heavy (non-hydrogen) atoms. The van der Waals surface area contributed by atoms with Crippen LogP contribution in [-0.4, -0.2) is 24.1 Å². The van der Waals surface area contributed by atoms with Crippen molar-refractivity contribution >= 4 is 12.0 Å². The molecule has 0 aromatic carbocycles. The fourth-order valence-corrected chi connectivity index (χ4v) is 2.90. The number of carbonyl (C=O) groups excluding carboxylic acids is 2. The lowest BCUT2D eigenvalue weighted by atomic mass is 9.81. The van der Waals surface area contributed by atoms with Crippen molar-refractivity contribution in [1.29, 1.82) is 0 Å². The molecule has 1 aromatic rings. The highest BCUT2D eigenvalue weighted by atomic mass is 16.6. The van der Waals surface area contributed by atoms with Gasteiger partial charge in [0, 0.05) is 12.5 Å². The lowest BCUT2D eigenvalue weighted by Gasteiger charge is -2.28. The molecule has 1 heterocycles. The van der Waals surface area contributed by atoms with Gasteiger partial charge in [-0.1, -0.05) is 0 Å². The summed E-state index contributed by atoms with van der Waals surface area (Å²) in [7, 11) is 0. The van der Waals surface area contributed by atoms with Crippen LogP contribution < -0.4 is 10.6 Å². The van der Waals surface area contributed by atoms with Crippen molar-refractivity contribution in [3.05, 3.63) is 24.2 Å². The molecule has 1 fully saturated rings. The summed E-state index contributed by atoms with van der Waals surface area (Å²) in [4.78, 5) is 23.8. The first-order chi connectivity index (χ1) is 11.3. The maximum absolute atomic E-state index is 12.2. The van der Waals surface area contributed by atoms with Crippen LogP contribution >= 0.6 is 0 Å². The summed E-state index contributed by atoms with van der Waals surface area (Å²) in [6.45, 7) is 6.58. The molecule has 2 amide bonds. The fourth-order valence-electron chi connectivity index (χ4n) is 2.90. The van der Waals surface area contributed by atoms with E-state index >= 15 is 0 Å². The van der Waals surface area contributed by atoms with Crippen LogP contribution in [0, 0.1) is 11.8 Å². The van der Waals surface area contributed by atoms with E-state index in [9.17, 15) is 9.59 Å². The van der Waals surface area contributed by atoms with Crippen molar-refractivity contribution in [3.8, 4) is 0 Å². The molecule has 134 valence electrons. The third-order valence-electron chi connectivity index (χ3n) is 4.17. The SMILES string of the molecule is CC(C)(C)OC(=O)NCC1CCC(C(=O)NCc2ccco2)CC1. The molecule has 0 atom stereocenters. The molecule has 6 heteroatoms. The van der Waals surface area contributed by atoms with E-state index in [-0.39, 0.29) is 17.9 Å². The number of carbonyl (C=O) groups is 2. The Morgan fingerprint density at radius 2 is 1.92 bits per heavy atom. The van der Waals surface area contributed by atoms with E-state index in [2.05, 4.69) is 10.6 Å². The van der Waals surface area contributed by atoms with Crippen molar-refractivity contribution in [3.63, 3.8) is 0 Å². The number of alkyl carbamates (subject to hydrolysis) is 1. The van der Waals surface area contributed by atoms with E-state index in [0.717, 1.165) is 31.4 Å². The second kappa shape index (κ2) is 8.22. The van der Waals surface area contributed by atoms with Gasteiger partial charge < -0.3 is 19.8 Å². The molecule has 1 aromatic heterocycles. The molecule has 2 N–H and O–H groups in total. The van der Waals surface area contributed by atoms with Gasteiger partial charge >= 0.3 is 6.09 Å². The topological polar surface area (TPSA) is 80.6 Å². The number of furan rings is 1. The van der Waals surface area contributed by atoms with E-state index in [4.69, 9.17) is 9.15 Å². The quantitative estimate of drug-likeness (QED) is 0.865. The molecular formula is C18H28N2O4. The number of hydrogen-bond donors (Lipinski definition) is 2. The first-order valence-corrected chi connectivity index (χ1v) is 8.60. The van der Waals surface area contributed by atoms with E-state index in [1.165, 1.54) is 0 Å². The maximum Gasteiger partial charge on any atom is 0.407 e. The molecule has 1 aliphatic rings. The molecule has 1 saturated carbocycles. The standard InChI is InChI=1S/C18H28N2O4/c1-18(2,3)24-17(22)20-11-13-6-8-14(9-7-13)16(21)19-12-15-5-4-10-23-15/h4-5,10,13-14H,6-9,11-12H2,1-3H3,(H,19,21)(H,20,22). The highest BCUT2D eigenvalue weighted by Gasteiger charge is 2.27. The fraction of sp³-hybridized carbons (Fsp3) is 0.667. The monoisotopic (exact) mass is 336 g/mol. The molecule has 0 unspecified atom stereocenters. The molecule has 1 aliphatic carbocycles. The van der Waals surface area contributed by atoms with E-state index in [1.807, 2.05) is 32.9 Å². The highest BCUT2D eigenvalue weighted by molar-refractivity contribution is 5.78. The Morgan fingerprint density at radius 1 is 1.21 bits per heavy atom. The summed E-state index contributed by atoms with van der Waals surface area (Å²) in [5, 5.41) is 5.75. The third kappa shape index (κ3) is 6.26. The van der Waals surface area contributed by atoms with Gasteiger partial charge in [0.2, 0.25) is 5.91 Å². The van der Waals surface area contributed by atoms with Gasteiger partial charge in [0.1, 0.15) is 11.4 Å². The predicted octanol–water partition coefficient (Wildman–Crippen LogP) is 3.23. The van der Waals surface area contributed by atoms with Crippen molar-refractivity contribution in [1.82, 2.24) is 10.6 Å². The van der Waals surface area contributed by atoms with Crippen molar-refractivity contribution in [2.75, 3.05) is 6.54 Å². The number of nitrogens with one attached hydrogen (secondary N) is 2. The van der Waals surface area contributed by atoms with Gasteiger partial charge in [0.25, 0.3) is 0 Å². The Kier molecular flexibility index (Phi) is 6.29. The Hall–Kier alpha value is -1.98. The van der Waals surface area contributed by atoms with Crippen LogP contribution in [0.3, 0.4) is 0 Å². The van der Waals surface area contributed by atoms with Crippen LogP contribution in [0.25, 0.3) is 0 Å². The minimum atomic E-state index is -0.478. The van der Waals surface area contributed by atoms with E-state index < -0.39 is 5.60 Å². The zero-order valence-corrected chi connectivity index (χ0v) is 14.8. The van der Waals surface area contributed by atoms with Crippen molar-refractivity contribution in [2.24, 2.45) is 11.8 Å². The smallest absolute Gasteiger partial charge is 0.407 e. The van der Waals surface area contributed by atoms with Crippen molar-refractivity contribution in [2.45, 2.75) is 58.6 Å². The summed E-state index contributed by atoms with van der Waals surface area (Å²) >= 11 is 0. The van der Waals surface area contributed by atoms with Gasteiger partial charge in [0.15, 0.2) is 0 Å². The number of amides is 2. The molecule has 0 aliphatic heterocycles. The van der Waals surface area contributed by atoms with Gasteiger partial charge in [-0.25, -0.2) is 4.79 Å². The minimum Gasteiger partial charge on any atom is -0.467 e. The average molecular weight is 336 g/mol. The van der Waals surface area contributed by atoms with Gasteiger partial charge in [-0.3, -0.25) is 4.79 Å². The zero-order chi connectivity index (χ0) is 17.6.